The zero-order chi connectivity index (χ0) is 20.7. The zero-order valence-corrected chi connectivity index (χ0v) is 16.6. The van der Waals surface area contributed by atoms with Gasteiger partial charge in [-0.3, -0.25) is 4.79 Å². The average molecular weight is 404 g/mol. The summed E-state index contributed by atoms with van der Waals surface area (Å²) in [5.74, 6) is -0.352. The second-order valence-electron chi connectivity index (χ2n) is 6.40. The van der Waals surface area contributed by atoms with Crippen LogP contribution in [0, 0.1) is 6.92 Å². The summed E-state index contributed by atoms with van der Waals surface area (Å²) in [6, 6.07) is 13.7. The Balaban J connectivity index is 1.82. The third-order valence-electron chi connectivity index (χ3n) is 4.02. The number of rotatable bonds is 7. The van der Waals surface area contributed by atoms with E-state index >= 15 is 0 Å². The van der Waals surface area contributed by atoms with Crippen LogP contribution in [0.2, 0.25) is 0 Å². The number of sulfonamides is 1. The van der Waals surface area contributed by atoms with Crippen molar-refractivity contribution in [1.82, 2.24) is 10.2 Å². The van der Waals surface area contributed by atoms with Crippen LogP contribution in [0.3, 0.4) is 0 Å². The largest absolute Gasteiger partial charge is 0.337 e. The molecule has 9 heteroatoms. The standard InChI is InChI=1S/C19H24N4O4S/c1-14-8-9-16(12-17(14)28(20,26)27)22-18(24)10-11-21-19(25)23(2)13-15-6-4-3-5-7-15/h3-9,12H,10-11,13H2,1-2H3,(H,21,25)(H,22,24)(H2,20,26,27). The summed E-state index contributed by atoms with van der Waals surface area (Å²) >= 11 is 0. The molecular formula is C19H24N4O4S. The van der Waals surface area contributed by atoms with Gasteiger partial charge in [-0.05, 0) is 30.2 Å². The lowest BCUT2D eigenvalue weighted by Crippen LogP contribution is -2.38. The molecule has 0 aliphatic heterocycles. The van der Waals surface area contributed by atoms with Crippen LogP contribution in [0.15, 0.2) is 53.4 Å². The average Bonchev–Trinajstić information content (AvgIpc) is 2.63. The van der Waals surface area contributed by atoms with Crippen molar-refractivity contribution in [2.24, 2.45) is 5.14 Å². The van der Waals surface area contributed by atoms with Gasteiger partial charge in [0.2, 0.25) is 15.9 Å². The summed E-state index contributed by atoms with van der Waals surface area (Å²) in [6.45, 7) is 2.23. The summed E-state index contributed by atoms with van der Waals surface area (Å²) in [6.07, 6.45) is 0.0451. The molecule has 0 spiro atoms. The van der Waals surface area contributed by atoms with Crippen molar-refractivity contribution < 1.29 is 18.0 Å². The maximum atomic E-state index is 12.1. The number of hydrogen-bond acceptors (Lipinski definition) is 4. The van der Waals surface area contributed by atoms with E-state index in [2.05, 4.69) is 10.6 Å². The Kier molecular flexibility index (Phi) is 7.13. The van der Waals surface area contributed by atoms with Gasteiger partial charge in [0.1, 0.15) is 0 Å². The molecule has 3 amide bonds. The normalized spacial score (nSPS) is 11.0. The molecule has 0 saturated carbocycles. The number of benzene rings is 2. The molecule has 0 aromatic heterocycles. The minimum atomic E-state index is -3.87. The fourth-order valence-electron chi connectivity index (χ4n) is 2.55. The minimum Gasteiger partial charge on any atom is -0.337 e. The quantitative estimate of drug-likeness (QED) is 0.651. The van der Waals surface area contributed by atoms with Crippen LogP contribution < -0.4 is 15.8 Å². The number of aryl methyl sites for hydroxylation is 1. The van der Waals surface area contributed by atoms with Gasteiger partial charge < -0.3 is 15.5 Å². The molecule has 0 heterocycles. The minimum absolute atomic E-state index is 0.0406. The van der Waals surface area contributed by atoms with Gasteiger partial charge in [0.25, 0.3) is 0 Å². The number of hydrogen-bond donors (Lipinski definition) is 3. The van der Waals surface area contributed by atoms with Crippen molar-refractivity contribution in [3.05, 3.63) is 59.7 Å². The topological polar surface area (TPSA) is 122 Å². The van der Waals surface area contributed by atoms with E-state index in [4.69, 9.17) is 5.14 Å². The number of carbonyl (C=O) groups is 2. The van der Waals surface area contributed by atoms with E-state index in [0.717, 1.165) is 5.56 Å². The predicted molar refractivity (Wildman–Crippen MR) is 107 cm³/mol. The highest BCUT2D eigenvalue weighted by atomic mass is 32.2. The highest BCUT2D eigenvalue weighted by Gasteiger charge is 2.14. The first-order valence-electron chi connectivity index (χ1n) is 8.63. The van der Waals surface area contributed by atoms with Gasteiger partial charge in [-0.15, -0.1) is 0 Å². The molecule has 0 aliphatic carbocycles. The highest BCUT2D eigenvalue weighted by Crippen LogP contribution is 2.19. The van der Waals surface area contributed by atoms with Crippen molar-refractivity contribution in [1.29, 1.82) is 0 Å². The second kappa shape index (κ2) is 9.34. The second-order valence-corrected chi connectivity index (χ2v) is 7.93. The number of nitrogens with one attached hydrogen (secondary N) is 2. The van der Waals surface area contributed by atoms with Gasteiger partial charge in [0.15, 0.2) is 0 Å². The van der Waals surface area contributed by atoms with E-state index in [-0.39, 0.29) is 29.8 Å². The molecule has 28 heavy (non-hydrogen) atoms. The Hall–Kier alpha value is -2.91. The summed E-state index contributed by atoms with van der Waals surface area (Å²) in [5, 5.41) is 10.4. The monoisotopic (exact) mass is 404 g/mol. The number of urea groups is 1. The van der Waals surface area contributed by atoms with Crippen LogP contribution in [0.4, 0.5) is 10.5 Å². The number of nitrogens with two attached hydrogens (primary N) is 1. The number of anilines is 1. The first-order valence-corrected chi connectivity index (χ1v) is 10.2. The van der Waals surface area contributed by atoms with Crippen LogP contribution in [-0.2, 0) is 21.4 Å². The van der Waals surface area contributed by atoms with E-state index in [9.17, 15) is 18.0 Å². The maximum Gasteiger partial charge on any atom is 0.317 e. The summed E-state index contributed by atoms with van der Waals surface area (Å²) < 4.78 is 23.1. The van der Waals surface area contributed by atoms with Gasteiger partial charge in [-0.1, -0.05) is 36.4 Å². The molecule has 0 atom stereocenters. The van der Waals surface area contributed by atoms with Crippen LogP contribution in [0.5, 0.6) is 0 Å². The molecule has 150 valence electrons. The molecule has 0 fully saturated rings. The summed E-state index contributed by atoms with van der Waals surface area (Å²) in [7, 11) is -2.20. The third kappa shape index (κ3) is 6.36. The molecule has 2 rings (SSSR count). The molecule has 0 bridgehead atoms. The lowest BCUT2D eigenvalue weighted by molar-refractivity contribution is -0.116. The van der Waals surface area contributed by atoms with E-state index in [1.807, 2.05) is 30.3 Å². The lowest BCUT2D eigenvalue weighted by atomic mass is 10.2. The molecule has 0 radical (unpaired) electrons. The highest BCUT2D eigenvalue weighted by molar-refractivity contribution is 7.89. The van der Waals surface area contributed by atoms with E-state index in [1.165, 1.54) is 11.0 Å². The van der Waals surface area contributed by atoms with Crippen LogP contribution >= 0.6 is 0 Å². The van der Waals surface area contributed by atoms with Crippen molar-refractivity contribution in [3.63, 3.8) is 0 Å². The van der Waals surface area contributed by atoms with E-state index in [0.29, 0.717) is 17.8 Å². The molecule has 2 aromatic carbocycles. The fraction of sp³-hybridized carbons (Fsp3) is 0.263. The Bertz CT molecular complexity index is 946. The molecule has 0 saturated heterocycles. The molecule has 4 N–H and O–H groups in total. The van der Waals surface area contributed by atoms with Crippen molar-refractivity contribution in [2.45, 2.75) is 24.8 Å². The van der Waals surface area contributed by atoms with Crippen molar-refractivity contribution >= 4 is 27.6 Å². The Morgan fingerprint density at radius 2 is 1.79 bits per heavy atom. The zero-order valence-electron chi connectivity index (χ0n) is 15.8. The van der Waals surface area contributed by atoms with Gasteiger partial charge in [0, 0.05) is 32.2 Å². The smallest absolute Gasteiger partial charge is 0.317 e. The third-order valence-corrected chi connectivity index (χ3v) is 5.07. The maximum absolute atomic E-state index is 12.1. The molecule has 0 unspecified atom stereocenters. The van der Waals surface area contributed by atoms with Crippen LogP contribution in [0.25, 0.3) is 0 Å². The number of amides is 3. The Morgan fingerprint density at radius 3 is 2.43 bits per heavy atom. The van der Waals surface area contributed by atoms with Gasteiger partial charge in [-0.2, -0.15) is 0 Å². The van der Waals surface area contributed by atoms with E-state index in [1.54, 1.807) is 26.1 Å². The number of carbonyl (C=O) groups excluding carboxylic acids is 2. The van der Waals surface area contributed by atoms with Gasteiger partial charge >= 0.3 is 6.03 Å². The Morgan fingerprint density at radius 1 is 1.11 bits per heavy atom. The number of nitrogens with zero attached hydrogens (tertiary/aromatic N) is 1. The SMILES string of the molecule is Cc1ccc(NC(=O)CCNC(=O)N(C)Cc2ccccc2)cc1S(N)(=O)=O. The first-order chi connectivity index (χ1) is 13.2. The van der Waals surface area contributed by atoms with Gasteiger partial charge in [-0.25, -0.2) is 18.4 Å². The van der Waals surface area contributed by atoms with Crippen LogP contribution in [-0.4, -0.2) is 38.8 Å². The fourth-order valence-corrected chi connectivity index (χ4v) is 3.36. The molecule has 8 nitrogen and oxygen atoms in total. The molecule has 2 aromatic rings. The summed E-state index contributed by atoms with van der Waals surface area (Å²) in [4.78, 5) is 25.6. The first kappa shape index (κ1) is 21.4. The van der Waals surface area contributed by atoms with Crippen molar-refractivity contribution in [2.75, 3.05) is 18.9 Å². The number of primary sulfonamides is 1. The van der Waals surface area contributed by atoms with E-state index < -0.39 is 10.0 Å². The van der Waals surface area contributed by atoms with Crippen molar-refractivity contribution in [3.8, 4) is 0 Å². The Labute approximate surface area is 164 Å². The summed E-state index contributed by atoms with van der Waals surface area (Å²) in [5.41, 5.74) is 1.82. The van der Waals surface area contributed by atoms with Gasteiger partial charge in [0.05, 0.1) is 4.90 Å². The molecule has 0 aliphatic rings. The van der Waals surface area contributed by atoms with Crippen LogP contribution in [0.1, 0.15) is 17.5 Å². The predicted octanol–water partition coefficient (Wildman–Crippen LogP) is 1.81. The lowest BCUT2D eigenvalue weighted by Gasteiger charge is -2.18. The molecular weight excluding hydrogens is 380 g/mol.